The molecule has 0 aliphatic carbocycles. The van der Waals surface area contributed by atoms with Gasteiger partial charge in [-0.1, -0.05) is 18.2 Å². The van der Waals surface area contributed by atoms with Crippen LogP contribution in [0.1, 0.15) is 56.6 Å². The van der Waals surface area contributed by atoms with Crippen LogP contribution < -0.4 is 4.74 Å². The van der Waals surface area contributed by atoms with Gasteiger partial charge >= 0.3 is 0 Å². The van der Waals surface area contributed by atoms with E-state index in [2.05, 4.69) is 54.1 Å². The highest BCUT2D eigenvalue weighted by molar-refractivity contribution is 5.77. The van der Waals surface area contributed by atoms with E-state index >= 15 is 0 Å². The number of hydrogen-bond acceptors (Lipinski definition) is 4. The standard InChI is InChI=1S/C25H33N3O2/c1-3-28(4-2)24(29)17-21-18-25(30-23-8-6-5-7-22(21)23)11-15-27(16-12-25)19-20-9-13-26-14-10-20/h5-10,13-14,21H,3-4,11-12,15-19H2,1-2H3. The van der Waals surface area contributed by atoms with Crippen molar-refractivity contribution >= 4 is 5.91 Å². The summed E-state index contributed by atoms with van der Waals surface area (Å²) in [6, 6.07) is 12.5. The number of fused-ring (bicyclic) bond motifs is 1. The first-order chi connectivity index (χ1) is 14.6. The quantitative estimate of drug-likeness (QED) is 0.718. The number of aromatic nitrogens is 1. The Bertz CT molecular complexity index is 842. The summed E-state index contributed by atoms with van der Waals surface area (Å²) in [6.45, 7) is 8.64. The van der Waals surface area contributed by atoms with Gasteiger partial charge in [0, 0.05) is 57.5 Å². The van der Waals surface area contributed by atoms with E-state index in [0.717, 1.165) is 57.7 Å². The first kappa shape index (κ1) is 20.9. The summed E-state index contributed by atoms with van der Waals surface area (Å²) >= 11 is 0. The lowest BCUT2D eigenvalue weighted by atomic mass is 9.76. The third kappa shape index (κ3) is 4.51. The summed E-state index contributed by atoms with van der Waals surface area (Å²) in [6.07, 6.45) is 7.23. The molecule has 5 nitrogen and oxygen atoms in total. The van der Waals surface area contributed by atoms with E-state index in [0.29, 0.717) is 6.42 Å². The lowest BCUT2D eigenvalue weighted by Gasteiger charge is -2.47. The number of rotatable bonds is 6. The van der Waals surface area contributed by atoms with Crippen molar-refractivity contribution < 1.29 is 9.53 Å². The first-order valence-electron chi connectivity index (χ1n) is 11.3. The number of nitrogens with zero attached hydrogens (tertiary/aromatic N) is 3. The van der Waals surface area contributed by atoms with Crippen molar-refractivity contribution in [2.75, 3.05) is 26.2 Å². The van der Waals surface area contributed by atoms with E-state index in [4.69, 9.17) is 4.74 Å². The van der Waals surface area contributed by atoms with Crippen molar-refractivity contribution in [2.45, 2.75) is 57.6 Å². The fraction of sp³-hybridized carbons (Fsp3) is 0.520. The molecule has 1 atom stereocenters. The molecule has 0 saturated carbocycles. The molecule has 1 aromatic carbocycles. The van der Waals surface area contributed by atoms with Crippen molar-refractivity contribution in [1.82, 2.24) is 14.8 Å². The second kappa shape index (κ2) is 9.17. The highest BCUT2D eigenvalue weighted by Gasteiger charge is 2.43. The third-order valence-corrected chi connectivity index (χ3v) is 6.76. The topological polar surface area (TPSA) is 45.7 Å². The Kier molecular flexibility index (Phi) is 6.38. The second-order valence-corrected chi connectivity index (χ2v) is 8.63. The number of hydrogen-bond donors (Lipinski definition) is 0. The van der Waals surface area contributed by atoms with Crippen LogP contribution in [-0.2, 0) is 11.3 Å². The van der Waals surface area contributed by atoms with Crippen LogP contribution in [0.5, 0.6) is 5.75 Å². The van der Waals surface area contributed by atoms with Crippen LogP contribution >= 0.6 is 0 Å². The molecule has 1 spiro atoms. The molecule has 4 rings (SSSR count). The molecule has 2 aliphatic heterocycles. The number of benzene rings is 1. The molecule has 1 saturated heterocycles. The van der Waals surface area contributed by atoms with Crippen LogP contribution in [0.4, 0.5) is 0 Å². The lowest BCUT2D eigenvalue weighted by Crippen LogP contribution is -2.50. The highest BCUT2D eigenvalue weighted by atomic mass is 16.5. The van der Waals surface area contributed by atoms with E-state index in [9.17, 15) is 4.79 Å². The molecule has 1 unspecified atom stereocenters. The third-order valence-electron chi connectivity index (χ3n) is 6.76. The van der Waals surface area contributed by atoms with Crippen molar-refractivity contribution in [3.05, 3.63) is 59.9 Å². The van der Waals surface area contributed by atoms with Crippen molar-refractivity contribution in [3.8, 4) is 5.75 Å². The van der Waals surface area contributed by atoms with Gasteiger partial charge in [-0.3, -0.25) is 14.7 Å². The molecule has 2 aliphatic rings. The zero-order valence-corrected chi connectivity index (χ0v) is 18.2. The van der Waals surface area contributed by atoms with Crippen molar-refractivity contribution in [2.24, 2.45) is 0 Å². The Balaban J connectivity index is 1.47. The fourth-order valence-corrected chi connectivity index (χ4v) is 5.01. The Morgan fingerprint density at radius 1 is 1.13 bits per heavy atom. The van der Waals surface area contributed by atoms with Gasteiger partial charge < -0.3 is 9.64 Å². The molecule has 0 bridgehead atoms. The van der Waals surface area contributed by atoms with E-state index in [1.165, 1.54) is 11.1 Å². The van der Waals surface area contributed by atoms with Gasteiger partial charge in [-0.05, 0) is 62.4 Å². The lowest BCUT2D eigenvalue weighted by molar-refractivity contribution is -0.131. The Labute approximate surface area is 180 Å². The molecule has 1 aromatic heterocycles. The molecule has 0 radical (unpaired) electrons. The molecule has 30 heavy (non-hydrogen) atoms. The molecule has 5 heteroatoms. The number of para-hydroxylation sites is 1. The average molecular weight is 408 g/mol. The number of amides is 1. The molecule has 160 valence electrons. The molecule has 0 N–H and O–H groups in total. The van der Waals surface area contributed by atoms with Gasteiger partial charge in [0.25, 0.3) is 0 Å². The summed E-state index contributed by atoms with van der Waals surface area (Å²) in [7, 11) is 0. The van der Waals surface area contributed by atoms with Gasteiger partial charge in [-0.2, -0.15) is 0 Å². The zero-order chi connectivity index (χ0) is 21.0. The zero-order valence-electron chi connectivity index (χ0n) is 18.2. The van der Waals surface area contributed by atoms with Crippen LogP contribution in [0.2, 0.25) is 0 Å². The molecule has 1 fully saturated rings. The maximum Gasteiger partial charge on any atom is 0.223 e. The van der Waals surface area contributed by atoms with Crippen LogP contribution in [-0.4, -0.2) is 52.5 Å². The van der Waals surface area contributed by atoms with Gasteiger partial charge in [0.1, 0.15) is 11.4 Å². The number of piperidine rings is 1. The maximum atomic E-state index is 12.9. The number of likely N-dealkylation sites (tertiary alicyclic amines) is 1. The van der Waals surface area contributed by atoms with Gasteiger partial charge in [-0.15, -0.1) is 0 Å². The van der Waals surface area contributed by atoms with E-state index < -0.39 is 0 Å². The molecule has 3 heterocycles. The van der Waals surface area contributed by atoms with Crippen molar-refractivity contribution in [3.63, 3.8) is 0 Å². The van der Waals surface area contributed by atoms with Crippen LogP contribution in [0.25, 0.3) is 0 Å². The summed E-state index contributed by atoms with van der Waals surface area (Å²) in [5, 5.41) is 0. The highest BCUT2D eigenvalue weighted by Crippen LogP contribution is 2.46. The van der Waals surface area contributed by atoms with E-state index in [-0.39, 0.29) is 17.4 Å². The summed E-state index contributed by atoms with van der Waals surface area (Å²) in [5.74, 6) is 1.46. The number of carbonyl (C=O) groups is 1. The average Bonchev–Trinajstić information content (AvgIpc) is 2.77. The molecule has 1 amide bonds. The largest absolute Gasteiger partial charge is 0.487 e. The predicted octanol–water partition coefficient (Wildman–Crippen LogP) is 4.24. The minimum Gasteiger partial charge on any atom is -0.487 e. The number of ether oxygens (including phenoxy) is 1. The minimum atomic E-state index is -0.155. The van der Waals surface area contributed by atoms with Crippen LogP contribution in [0, 0.1) is 0 Å². The Morgan fingerprint density at radius 3 is 2.53 bits per heavy atom. The monoisotopic (exact) mass is 407 g/mol. The normalized spacial score (nSPS) is 20.4. The molecular weight excluding hydrogens is 374 g/mol. The maximum absolute atomic E-state index is 12.9. The van der Waals surface area contributed by atoms with Crippen LogP contribution in [0.3, 0.4) is 0 Å². The van der Waals surface area contributed by atoms with Gasteiger partial charge in [0.15, 0.2) is 0 Å². The SMILES string of the molecule is CCN(CC)C(=O)CC1CC2(CCN(Cc3ccncc3)CC2)Oc2ccccc21. The molecule has 2 aromatic rings. The number of carbonyl (C=O) groups excluding carboxylic acids is 1. The van der Waals surface area contributed by atoms with E-state index in [1.54, 1.807) is 0 Å². The fourth-order valence-electron chi connectivity index (χ4n) is 5.01. The second-order valence-electron chi connectivity index (χ2n) is 8.63. The van der Waals surface area contributed by atoms with E-state index in [1.807, 2.05) is 23.4 Å². The van der Waals surface area contributed by atoms with Crippen LogP contribution in [0.15, 0.2) is 48.8 Å². The Hall–Kier alpha value is -2.40. The first-order valence-corrected chi connectivity index (χ1v) is 11.3. The predicted molar refractivity (Wildman–Crippen MR) is 118 cm³/mol. The summed E-state index contributed by atoms with van der Waals surface area (Å²) < 4.78 is 6.62. The van der Waals surface area contributed by atoms with Gasteiger partial charge in [0.2, 0.25) is 5.91 Å². The summed E-state index contributed by atoms with van der Waals surface area (Å²) in [4.78, 5) is 21.4. The summed E-state index contributed by atoms with van der Waals surface area (Å²) in [5.41, 5.74) is 2.35. The smallest absolute Gasteiger partial charge is 0.223 e. The minimum absolute atomic E-state index is 0.155. The Morgan fingerprint density at radius 2 is 1.83 bits per heavy atom. The van der Waals surface area contributed by atoms with Gasteiger partial charge in [0.05, 0.1) is 0 Å². The van der Waals surface area contributed by atoms with Gasteiger partial charge in [-0.25, -0.2) is 0 Å². The van der Waals surface area contributed by atoms with Crippen molar-refractivity contribution in [1.29, 1.82) is 0 Å². The number of pyridine rings is 1. The molecular formula is C25H33N3O2.